The molecule has 0 saturated heterocycles. The Kier molecular flexibility index (Phi) is 7.55. The largest absolute Gasteiger partial charge is 0.459 e. The Morgan fingerprint density at radius 3 is 2.79 bits per heavy atom. The summed E-state index contributed by atoms with van der Waals surface area (Å²) >= 11 is 1.51. The molecule has 1 rings (SSSR count). The average Bonchev–Trinajstić information content (AvgIpc) is 2.88. The lowest BCUT2D eigenvalue weighted by molar-refractivity contribution is 0.0475. The summed E-state index contributed by atoms with van der Waals surface area (Å²) in [6.45, 7) is 6.43. The second kappa shape index (κ2) is 8.96. The number of aromatic nitrogens is 2. The molecule has 0 bridgehead atoms. The number of carbonyl (C=O) groups is 1. The molecule has 1 heterocycles. The highest BCUT2D eigenvalue weighted by Gasteiger charge is 2.17. The molecule has 0 N–H and O–H groups in total. The summed E-state index contributed by atoms with van der Waals surface area (Å²) in [5.74, 6) is 0.981. The number of hydrogen-bond donors (Lipinski definition) is 0. The molecule has 0 aliphatic heterocycles. The third-order valence-corrected chi connectivity index (χ3v) is 3.89. The van der Waals surface area contributed by atoms with Gasteiger partial charge in [0, 0.05) is 5.75 Å². The van der Waals surface area contributed by atoms with E-state index in [2.05, 4.69) is 24.0 Å². The van der Waals surface area contributed by atoms with Crippen LogP contribution in [0, 0.1) is 5.92 Å². The number of carbonyl (C=O) groups excluding carboxylic acids is 1. The highest BCUT2D eigenvalue weighted by atomic mass is 32.2. The van der Waals surface area contributed by atoms with E-state index in [-0.39, 0.29) is 5.89 Å². The van der Waals surface area contributed by atoms with Crippen molar-refractivity contribution in [1.82, 2.24) is 10.2 Å². The first kappa shape index (κ1) is 16.0. The summed E-state index contributed by atoms with van der Waals surface area (Å²) < 4.78 is 10.1. The summed E-state index contributed by atoms with van der Waals surface area (Å²) in [4.78, 5) is 11.4. The number of rotatable bonds is 9. The van der Waals surface area contributed by atoms with E-state index in [1.807, 2.05) is 0 Å². The van der Waals surface area contributed by atoms with E-state index in [0.29, 0.717) is 17.7 Å². The molecule has 5 nitrogen and oxygen atoms in total. The molecule has 1 unspecified atom stereocenters. The van der Waals surface area contributed by atoms with Gasteiger partial charge >= 0.3 is 11.9 Å². The van der Waals surface area contributed by atoms with Crippen molar-refractivity contribution in [3.05, 3.63) is 5.89 Å². The van der Waals surface area contributed by atoms with E-state index in [1.165, 1.54) is 31.0 Å². The number of ether oxygens (including phenoxy) is 1. The Bertz CT molecular complexity index is 382. The highest BCUT2D eigenvalue weighted by molar-refractivity contribution is 7.99. The van der Waals surface area contributed by atoms with Crippen molar-refractivity contribution >= 4 is 17.7 Å². The number of unbranched alkanes of at least 4 members (excludes halogenated alkanes) is 1. The lowest BCUT2D eigenvalue weighted by atomic mass is 10.0. The fraction of sp³-hybridized carbons (Fsp3) is 0.769. The number of hydrogen-bond acceptors (Lipinski definition) is 6. The first-order valence-electron chi connectivity index (χ1n) is 6.84. The van der Waals surface area contributed by atoms with Gasteiger partial charge in [0.25, 0.3) is 5.22 Å². The Hall–Kier alpha value is -1.04. The van der Waals surface area contributed by atoms with Crippen LogP contribution in [0.1, 0.15) is 57.1 Å². The molecule has 0 saturated carbocycles. The van der Waals surface area contributed by atoms with Gasteiger partial charge in [0.1, 0.15) is 0 Å². The molecule has 19 heavy (non-hydrogen) atoms. The van der Waals surface area contributed by atoms with Crippen molar-refractivity contribution in [2.75, 3.05) is 12.4 Å². The molecular formula is C13H22N2O3S. The molecule has 0 aliphatic carbocycles. The zero-order valence-electron chi connectivity index (χ0n) is 11.8. The fourth-order valence-corrected chi connectivity index (χ4v) is 2.65. The van der Waals surface area contributed by atoms with E-state index in [4.69, 9.17) is 9.15 Å². The lowest BCUT2D eigenvalue weighted by Crippen LogP contribution is -2.04. The third-order valence-electron chi connectivity index (χ3n) is 2.84. The minimum Gasteiger partial charge on any atom is -0.459 e. The van der Waals surface area contributed by atoms with Gasteiger partial charge in [-0.05, 0) is 19.3 Å². The van der Waals surface area contributed by atoms with Gasteiger partial charge in [0.05, 0.1) is 6.61 Å². The van der Waals surface area contributed by atoms with Gasteiger partial charge in [-0.15, -0.1) is 5.10 Å². The van der Waals surface area contributed by atoms with Gasteiger partial charge in [0.2, 0.25) is 0 Å². The average molecular weight is 286 g/mol. The SMILES string of the molecule is CCCCC(CC)CSc1nnc(C(=O)OCC)o1. The monoisotopic (exact) mass is 286 g/mol. The zero-order valence-corrected chi connectivity index (χ0v) is 12.7. The number of thioether (sulfide) groups is 1. The fourth-order valence-electron chi connectivity index (χ4n) is 1.63. The Morgan fingerprint density at radius 2 is 2.16 bits per heavy atom. The van der Waals surface area contributed by atoms with Crippen LogP contribution in [0.5, 0.6) is 0 Å². The maximum atomic E-state index is 11.4. The number of nitrogens with zero attached hydrogens (tertiary/aromatic N) is 2. The minimum atomic E-state index is -0.556. The second-order valence-corrected chi connectivity index (χ2v) is 5.29. The molecule has 0 spiro atoms. The Morgan fingerprint density at radius 1 is 1.37 bits per heavy atom. The molecule has 0 aromatic carbocycles. The molecule has 1 aromatic heterocycles. The molecular weight excluding hydrogens is 264 g/mol. The van der Waals surface area contributed by atoms with Gasteiger partial charge in [-0.2, -0.15) is 0 Å². The molecule has 0 amide bonds. The van der Waals surface area contributed by atoms with Crippen molar-refractivity contribution in [3.63, 3.8) is 0 Å². The molecule has 108 valence electrons. The number of esters is 1. The van der Waals surface area contributed by atoms with E-state index < -0.39 is 5.97 Å². The quantitative estimate of drug-likeness (QED) is 0.511. The van der Waals surface area contributed by atoms with E-state index in [9.17, 15) is 4.79 Å². The predicted molar refractivity (Wildman–Crippen MR) is 74.3 cm³/mol. The van der Waals surface area contributed by atoms with Gasteiger partial charge in [-0.25, -0.2) is 4.79 Å². The van der Waals surface area contributed by atoms with Crippen LogP contribution in [0.25, 0.3) is 0 Å². The van der Waals surface area contributed by atoms with Crippen LogP contribution in [0.4, 0.5) is 0 Å². The van der Waals surface area contributed by atoms with E-state index in [1.54, 1.807) is 6.92 Å². The van der Waals surface area contributed by atoms with Crippen molar-refractivity contribution in [3.8, 4) is 0 Å². The van der Waals surface area contributed by atoms with Crippen LogP contribution in [-0.2, 0) is 4.74 Å². The summed E-state index contributed by atoms with van der Waals surface area (Å²) in [7, 11) is 0. The van der Waals surface area contributed by atoms with Crippen LogP contribution in [0.15, 0.2) is 9.64 Å². The summed E-state index contributed by atoms with van der Waals surface area (Å²) in [5, 5.41) is 7.98. The van der Waals surface area contributed by atoms with Crippen molar-refractivity contribution in [1.29, 1.82) is 0 Å². The van der Waals surface area contributed by atoms with Crippen molar-refractivity contribution in [2.24, 2.45) is 5.92 Å². The van der Waals surface area contributed by atoms with Crippen LogP contribution < -0.4 is 0 Å². The molecule has 0 radical (unpaired) electrons. The van der Waals surface area contributed by atoms with Gasteiger partial charge in [-0.1, -0.05) is 50.0 Å². The third kappa shape index (κ3) is 5.63. The van der Waals surface area contributed by atoms with Gasteiger partial charge < -0.3 is 9.15 Å². The molecule has 1 aromatic rings. The highest BCUT2D eigenvalue weighted by Crippen LogP contribution is 2.24. The normalized spacial score (nSPS) is 12.4. The molecule has 0 fully saturated rings. The van der Waals surface area contributed by atoms with E-state index >= 15 is 0 Å². The van der Waals surface area contributed by atoms with E-state index in [0.717, 1.165) is 12.2 Å². The minimum absolute atomic E-state index is 0.0639. The van der Waals surface area contributed by atoms with Gasteiger partial charge in [0.15, 0.2) is 0 Å². The lowest BCUT2D eigenvalue weighted by Gasteiger charge is -2.11. The maximum Gasteiger partial charge on any atom is 0.396 e. The van der Waals surface area contributed by atoms with Crippen LogP contribution in [0.2, 0.25) is 0 Å². The zero-order chi connectivity index (χ0) is 14.1. The molecule has 6 heteroatoms. The van der Waals surface area contributed by atoms with Crippen LogP contribution in [0.3, 0.4) is 0 Å². The Labute approximate surface area is 118 Å². The van der Waals surface area contributed by atoms with Crippen molar-refractivity contribution in [2.45, 2.75) is 51.7 Å². The van der Waals surface area contributed by atoms with Gasteiger partial charge in [-0.3, -0.25) is 0 Å². The summed E-state index contributed by atoms with van der Waals surface area (Å²) in [6.07, 6.45) is 4.83. The smallest absolute Gasteiger partial charge is 0.396 e. The first-order chi connectivity index (χ1) is 9.21. The molecule has 1 atom stereocenters. The Balaban J connectivity index is 2.42. The predicted octanol–water partition coefficient (Wildman–Crippen LogP) is 3.55. The first-order valence-corrected chi connectivity index (χ1v) is 7.83. The second-order valence-electron chi connectivity index (χ2n) is 4.32. The van der Waals surface area contributed by atoms with Crippen LogP contribution >= 0.6 is 11.8 Å². The van der Waals surface area contributed by atoms with Crippen LogP contribution in [-0.4, -0.2) is 28.5 Å². The topological polar surface area (TPSA) is 65.2 Å². The maximum absolute atomic E-state index is 11.4. The standard InChI is InChI=1S/C13H22N2O3S/c1-4-7-8-10(5-2)9-19-13-15-14-11(18-13)12(16)17-6-3/h10H,4-9H2,1-3H3. The molecule has 0 aliphatic rings. The van der Waals surface area contributed by atoms with Crippen molar-refractivity contribution < 1.29 is 13.9 Å². The summed E-state index contributed by atoms with van der Waals surface area (Å²) in [6, 6.07) is 0. The summed E-state index contributed by atoms with van der Waals surface area (Å²) in [5.41, 5.74) is 0.